The Hall–Kier alpha value is -2.31. The van der Waals surface area contributed by atoms with Crippen molar-refractivity contribution in [1.82, 2.24) is 30.4 Å². The Morgan fingerprint density at radius 3 is 3.11 bits per heavy atom. The third-order valence-electron chi connectivity index (χ3n) is 2.42. The summed E-state index contributed by atoms with van der Waals surface area (Å²) in [4.78, 5) is 15.5. The number of amides is 2. The predicted octanol–water partition coefficient (Wildman–Crippen LogP) is 0.494. The molecule has 0 unspecified atom stereocenters. The Bertz CT molecular complexity index is 464. The highest BCUT2D eigenvalue weighted by atomic mass is 16.2. The zero-order valence-electron chi connectivity index (χ0n) is 10.1. The number of imidazole rings is 1. The summed E-state index contributed by atoms with van der Waals surface area (Å²) in [7, 11) is 0. The van der Waals surface area contributed by atoms with Crippen molar-refractivity contribution in [2.75, 3.05) is 0 Å². The molecule has 0 bridgehead atoms. The normalized spacial score (nSPS) is 12.1. The molecule has 0 aliphatic rings. The van der Waals surface area contributed by atoms with Crippen molar-refractivity contribution in [3.05, 3.63) is 36.7 Å². The Morgan fingerprint density at radius 2 is 2.44 bits per heavy atom. The number of hydrogen-bond donors (Lipinski definition) is 3. The first-order chi connectivity index (χ1) is 8.74. The molecule has 96 valence electrons. The summed E-state index contributed by atoms with van der Waals surface area (Å²) in [6, 6.07) is 1.65. The number of nitrogens with one attached hydrogen (secondary N) is 3. The number of hydrogen-bond acceptors (Lipinski definition) is 3. The molecule has 2 heterocycles. The van der Waals surface area contributed by atoms with E-state index in [1.54, 1.807) is 18.7 Å². The number of urea groups is 1. The van der Waals surface area contributed by atoms with Gasteiger partial charge in [-0.3, -0.25) is 5.10 Å². The molecule has 0 saturated heterocycles. The minimum atomic E-state index is -0.197. The standard InChI is InChI=1S/C11H16N6O/c1-9(7-17-5-4-12-8-17)15-11(18)13-6-10-2-3-14-16-10/h2-5,8-9H,6-7H2,1H3,(H,14,16)(H2,13,15,18)/t9-/m0/s1. The lowest BCUT2D eigenvalue weighted by atomic mass is 10.3. The lowest BCUT2D eigenvalue weighted by Crippen LogP contribution is -2.42. The van der Waals surface area contributed by atoms with Gasteiger partial charge in [-0.25, -0.2) is 9.78 Å². The summed E-state index contributed by atoms with van der Waals surface area (Å²) >= 11 is 0. The van der Waals surface area contributed by atoms with Crippen molar-refractivity contribution in [1.29, 1.82) is 0 Å². The molecule has 0 spiro atoms. The number of rotatable bonds is 5. The fourth-order valence-corrected chi connectivity index (χ4v) is 1.59. The molecule has 0 fully saturated rings. The third kappa shape index (κ3) is 3.62. The van der Waals surface area contributed by atoms with Gasteiger partial charge in [0.15, 0.2) is 0 Å². The molecule has 7 heteroatoms. The summed E-state index contributed by atoms with van der Waals surface area (Å²) in [5, 5.41) is 12.2. The largest absolute Gasteiger partial charge is 0.335 e. The zero-order valence-corrected chi connectivity index (χ0v) is 10.1. The SMILES string of the molecule is C[C@@H](Cn1ccnc1)NC(=O)NCc1ccn[nH]1. The fourth-order valence-electron chi connectivity index (χ4n) is 1.59. The lowest BCUT2D eigenvalue weighted by molar-refractivity contribution is 0.236. The number of nitrogens with zero attached hydrogens (tertiary/aromatic N) is 3. The number of carbonyl (C=O) groups is 1. The van der Waals surface area contributed by atoms with E-state index in [4.69, 9.17) is 0 Å². The van der Waals surface area contributed by atoms with E-state index >= 15 is 0 Å². The highest BCUT2D eigenvalue weighted by Gasteiger charge is 2.07. The van der Waals surface area contributed by atoms with Crippen LogP contribution in [0, 0.1) is 0 Å². The van der Waals surface area contributed by atoms with Crippen LogP contribution in [-0.2, 0) is 13.1 Å². The number of H-pyrrole nitrogens is 1. The van der Waals surface area contributed by atoms with Gasteiger partial charge in [-0.15, -0.1) is 0 Å². The maximum atomic E-state index is 11.6. The van der Waals surface area contributed by atoms with Gasteiger partial charge < -0.3 is 15.2 Å². The summed E-state index contributed by atoms with van der Waals surface area (Å²) < 4.78 is 1.92. The van der Waals surface area contributed by atoms with Gasteiger partial charge in [0.1, 0.15) is 0 Å². The molecule has 1 atom stereocenters. The molecule has 0 aliphatic heterocycles. The minimum Gasteiger partial charge on any atom is -0.335 e. The van der Waals surface area contributed by atoms with Crippen LogP contribution in [0.4, 0.5) is 4.79 Å². The molecule has 18 heavy (non-hydrogen) atoms. The zero-order chi connectivity index (χ0) is 12.8. The summed E-state index contributed by atoms with van der Waals surface area (Å²) in [5.74, 6) is 0. The van der Waals surface area contributed by atoms with Crippen LogP contribution in [0.1, 0.15) is 12.6 Å². The van der Waals surface area contributed by atoms with Crippen molar-refractivity contribution in [3.63, 3.8) is 0 Å². The van der Waals surface area contributed by atoms with E-state index in [-0.39, 0.29) is 12.1 Å². The number of carbonyl (C=O) groups excluding carboxylic acids is 1. The first-order valence-corrected chi connectivity index (χ1v) is 5.72. The highest BCUT2D eigenvalue weighted by molar-refractivity contribution is 5.74. The van der Waals surface area contributed by atoms with Crippen molar-refractivity contribution in [2.45, 2.75) is 26.1 Å². The third-order valence-corrected chi connectivity index (χ3v) is 2.42. The molecule has 0 aromatic carbocycles. The monoisotopic (exact) mass is 248 g/mol. The maximum absolute atomic E-state index is 11.6. The molecule has 0 aliphatic carbocycles. The number of aromatic amines is 1. The Labute approximate surface area is 105 Å². The van der Waals surface area contributed by atoms with Crippen LogP contribution < -0.4 is 10.6 Å². The topological polar surface area (TPSA) is 87.6 Å². The first kappa shape index (κ1) is 12.2. The molecule has 7 nitrogen and oxygen atoms in total. The van der Waals surface area contributed by atoms with Gasteiger partial charge in [-0.05, 0) is 13.0 Å². The van der Waals surface area contributed by atoms with Gasteiger partial charge in [0.25, 0.3) is 0 Å². The molecule has 3 N–H and O–H groups in total. The van der Waals surface area contributed by atoms with Crippen molar-refractivity contribution >= 4 is 6.03 Å². The quantitative estimate of drug-likeness (QED) is 0.719. The van der Waals surface area contributed by atoms with Crippen LogP contribution >= 0.6 is 0 Å². The molecule has 0 radical (unpaired) electrons. The molecular weight excluding hydrogens is 232 g/mol. The number of aromatic nitrogens is 4. The smallest absolute Gasteiger partial charge is 0.315 e. The van der Waals surface area contributed by atoms with E-state index in [9.17, 15) is 4.79 Å². The second-order valence-electron chi connectivity index (χ2n) is 4.07. The van der Waals surface area contributed by atoms with Gasteiger partial charge in [-0.2, -0.15) is 5.10 Å². The van der Waals surface area contributed by atoms with Crippen LogP contribution in [0.2, 0.25) is 0 Å². The van der Waals surface area contributed by atoms with Crippen molar-refractivity contribution in [2.24, 2.45) is 0 Å². The minimum absolute atomic E-state index is 0.0287. The summed E-state index contributed by atoms with van der Waals surface area (Å²) in [6.07, 6.45) is 6.95. The van der Waals surface area contributed by atoms with Gasteiger partial charge in [-0.1, -0.05) is 0 Å². The van der Waals surface area contributed by atoms with E-state index in [1.807, 2.05) is 23.8 Å². The molecule has 2 aromatic heterocycles. The van der Waals surface area contributed by atoms with E-state index in [1.165, 1.54) is 0 Å². The van der Waals surface area contributed by atoms with E-state index in [0.29, 0.717) is 13.1 Å². The Morgan fingerprint density at radius 1 is 1.56 bits per heavy atom. The van der Waals surface area contributed by atoms with E-state index < -0.39 is 0 Å². The first-order valence-electron chi connectivity index (χ1n) is 5.72. The van der Waals surface area contributed by atoms with Crippen LogP contribution in [0.25, 0.3) is 0 Å². The van der Waals surface area contributed by atoms with Gasteiger partial charge >= 0.3 is 6.03 Å². The fraction of sp³-hybridized carbons (Fsp3) is 0.364. The van der Waals surface area contributed by atoms with E-state index in [0.717, 1.165) is 5.69 Å². The predicted molar refractivity (Wildman–Crippen MR) is 65.6 cm³/mol. The average molecular weight is 248 g/mol. The molecule has 2 amide bonds. The summed E-state index contributed by atoms with van der Waals surface area (Å²) in [6.45, 7) is 3.07. The van der Waals surface area contributed by atoms with Crippen molar-refractivity contribution in [3.8, 4) is 0 Å². The second-order valence-corrected chi connectivity index (χ2v) is 4.07. The van der Waals surface area contributed by atoms with Crippen molar-refractivity contribution < 1.29 is 4.79 Å². The second kappa shape index (κ2) is 5.85. The highest BCUT2D eigenvalue weighted by Crippen LogP contribution is 1.93. The van der Waals surface area contributed by atoms with E-state index in [2.05, 4.69) is 25.8 Å². The van der Waals surface area contributed by atoms with Gasteiger partial charge in [0.2, 0.25) is 0 Å². The van der Waals surface area contributed by atoms with Crippen LogP contribution in [0.15, 0.2) is 31.0 Å². The average Bonchev–Trinajstić information content (AvgIpc) is 2.98. The molecule has 0 saturated carbocycles. The maximum Gasteiger partial charge on any atom is 0.315 e. The lowest BCUT2D eigenvalue weighted by Gasteiger charge is -2.14. The Kier molecular flexibility index (Phi) is 3.95. The molecule has 2 rings (SSSR count). The van der Waals surface area contributed by atoms with Crippen LogP contribution in [0.3, 0.4) is 0 Å². The van der Waals surface area contributed by atoms with Gasteiger partial charge in [0, 0.05) is 31.2 Å². The van der Waals surface area contributed by atoms with Crippen LogP contribution in [0.5, 0.6) is 0 Å². The molecule has 2 aromatic rings. The molecular formula is C11H16N6O. The summed E-state index contributed by atoms with van der Waals surface area (Å²) in [5.41, 5.74) is 0.868. The Balaban J connectivity index is 1.70. The van der Waals surface area contributed by atoms with Crippen LogP contribution in [-0.4, -0.2) is 31.8 Å². The van der Waals surface area contributed by atoms with Gasteiger partial charge in [0.05, 0.1) is 18.6 Å².